The van der Waals surface area contributed by atoms with Crippen LogP contribution in [0.25, 0.3) is 0 Å². The van der Waals surface area contributed by atoms with Gasteiger partial charge in [0.05, 0.1) is 0 Å². The summed E-state index contributed by atoms with van der Waals surface area (Å²) in [6.45, 7) is 6.51. The number of carboxylic acid groups (broad SMARTS) is 1. The molecule has 0 aromatic heterocycles. The van der Waals surface area contributed by atoms with Gasteiger partial charge in [-0.15, -0.1) is 0 Å². The summed E-state index contributed by atoms with van der Waals surface area (Å²) in [4.78, 5) is 11.0. The third-order valence-corrected chi connectivity index (χ3v) is 2.67. The quantitative estimate of drug-likeness (QED) is 0.541. The topological polar surface area (TPSA) is 55.8 Å². The van der Waals surface area contributed by atoms with E-state index in [-0.39, 0.29) is 5.41 Å². The van der Waals surface area contributed by atoms with E-state index in [0.29, 0.717) is 6.42 Å². The lowest BCUT2D eigenvalue weighted by molar-refractivity contribution is -0.228. The van der Waals surface area contributed by atoms with Crippen molar-refractivity contribution in [2.75, 3.05) is 14.2 Å². The summed E-state index contributed by atoms with van der Waals surface area (Å²) in [5.41, 5.74) is 0.284. The number of carbonyl (C=O) groups is 1. The molecule has 0 saturated carbocycles. The average Bonchev–Trinajstić information content (AvgIpc) is 2.17. The molecule has 0 aliphatic rings. The molecule has 0 aliphatic heterocycles. The summed E-state index contributed by atoms with van der Waals surface area (Å²) in [7, 11) is 2.72. The summed E-state index contributed by atoms with van der Waals surface area (Å²) < 4.78 is 9.92. The van der Waals surface area contributed by atoms with Gasteiger partial charge in [0.1, 0.15) is 0 Å². The molecule has 96 valence electrons. The minimum atomic E-state index is -1.47. The van der Waals surface area contributed by atoms with Crippen molar-refractivity contribution in [2.24, 2.45) is 5.41 Å². The van der Waals surface area contributed by atoms with E-state index in [9.17, 15) is 4.79 Å². The van der Waals surface area contributed by atoms with Crippen molar-refractivity contribution in [3.8, 4) is 0 Å². The molecule has 16 heavy (non-hydrogen) atoms. The third kappa shape index (κ3) is 4.94. The van der Waals surface area contributed by atoms with Gasteiger partial charge in [-0.1, -0.05) is 27.2 Å². The van der Waals surface area contributed by atoms with E-state index in [2.05, 4.69) is 20.8 Å². The molecule has 0 fully saturated rings. The maximum Gasteiger partial charge on any atom is 0.364 e. The van der Waals surface area contributed by atoms with Gasteiger partial charge in [0.25, 0.3) is 5.79 Å². The van der Waals surface area contributed by atoms with E-state index in [1.165, 1.54) is 14.2 Å². The molecule has 0 heterocycles. The lowest BCUT2D eigenvalue weighted by Crippen LogP contribution is -2.42. The van der Waals surface area contributed by atoms with Gasteiger partial charge in [0.15, 0.2) is 0 Å². The molecule has 0 aromatic carbocycles. The number of aliphatic carboxylic acids is 1. The van der Waals surface area contributed by atoms with Gasteiger partial charge in [-0.2, -0.15) is 0 Å². The van der Waals surface area contributed by atoms with Crippen LogP contribution in [0.15, 0.2) is 0 Å². The van der Waals surface area contributed by atoms with E-state index >= 15 is 0 Å². The number of hydrogen-bond acceptors (Lipinski definition) is 3. The number of carboxylic acids is 1. The number of methoxy groups -OCH3 is 2. The van der Waals surface area contributed by atoms with E-state index in [4.69, 9.17) is 14.6 Å². The monoisotopic (exact) mass is 232 g/mol. The van der Waals surface area contributed by atoms with Gasteiger partial charge in [-0.3, -0.25) is 0 Å². The van der Waals surface area contributed by atoms with Crippen LogP contribution in [0, 0.1) is 5.41 Å². The first-order chi connectivity index (χ1) is 7.27. The highest BCUT2D eigenvalue weighted by Crippen LogP contribution is 2.25. The molecule has 0 aromatic rings. The molecule has 0 atom stereocenters. The molecular formula is C12H24O4. The maximum atomic E-state index is 11.0. The fourth-order valence-corrected chi connectivity index (χ4v) is 1.58. The molecule has 0 spiro atoms. The zero-order valence-corrected chi connectivity index (χ0v) is 11.0. The molecule has 0 bridgehead atoms. The van der Waals surface area contributed by atoms with Crippen LogP contribution in [-0.4, -0.2) is 31.1 Å². The van der Waals surface area contributed by atoms with Crippen LogP contribution >= 0.6 is 0 Å². The first-order valence-electron chi connectivity index (χ1n) is 5.61. The highest BCUT2D eigenvalue weighted by Gasteiger charge is 2.38. The number of ether oxygens (including phenoxy) is 2. The van der Waals surface area contributed by atoms with Gasteiger partial charge >= 0.3 is 5.97 Å². The maximum absolute atomic E-state index is 11.0. The second-order valence-corrected chi connectivity index (χ2v) is 5.23. The Hall–Kier alpha value is -0.610. The van der Waals surface area contributed by atoms with Gasteiger partial charge in [0, 0.05) is 20.6 Å². The van der Waals surface area contributed by atoms with Crippen LogP contribution in [0.1, 0.15) is 46.5 Å². The Morgan fingerprint density at radius 2 is 1.50 bits per heavy atom. The summed E-state index contributed by atoms with van der Waals surface area (Å²) in [6, 6.07) is 0. The second kappa shape index (κ2) is 6.21. The molecule has 0 radical (unpaired) electrons. The average molecular weight is 232 g/mol. The zero-order chi connectivity index (χ0) is 12.8. The first-order valence-corrected chi connectivity index (χ1v) is 5.61. The van der Waals surface area contributed by atoms with Crippen LogP contribution in [0.5, 0.6) is 0 Å². The van der Waals surface area contributed by atoms with Crippen LogP contribution in [-0.2, 0) is 14.3 Å². The molecule has 0 rings (SSSR count). The van der Waals surface area contributed by atoms with Crippen molar-refractivity contribution >= 4 is 5.97 Å². The van der Waals surface area contributed by atoms with Crippen molar-refractivity contribution in [3.05, 3.63) is 0 Å². The van der Waals surface area contributed by atoms with E-state index in [0.717, 1.165) is 19.3 Å². The lowest BCUT2D eigenvalue weighted by Gasteiger charge is -2.26. The summed E-state index contributed by atoms with van der Waals surface area (Å²) in [6.07, 6.45) is 3.21. The molecule has 4 heteroatoms. The minimum Gasteiger partial charge on any atom is -0.477 e. The van der Waals surface area contributed by atoms with Gasteiger partial charge in [0.2, 0.25) is 0 Å². The molecule has 0 amide bonds. The van der Waals surface area contributed by atoms with E-state index in [1.807, 2.05) is 0 Å². The van der Waals surface area contributed by atoms with Crippen LogP contribution in [0.2, 0.25) is 0 Å². The molecule has 0 aliphatic carbocycles. The molecule has 4 nitrogen and oxygen atoms in total. The zero-order valence-electron chi connectivity index (χ0n) is 11.0. The Labute approximate surface area is 97.9 Å². The van der Waals surface area contributed by atoms with Crippen LogP contribution in [0.4, 0.5) is 0 Å². The van der Waals surface area contributed by atoms with Crippen molar-refractivity contribution < 1.29 is 19.4 Å². The Kier molecular flexibility index (Phi) is 5.97. The minimum absolute atomic E-state index is 0.284. The normalized spacial score (nSPS) is 12.8. The van der Waals surface area contributed by atoms with E-state index in [1.54, 1.807) is 0 Å². The highest BCUT2D eigenvalue weighted by molar-refractivity contribution is 5.75. The number of rotatable bonds is 7. The van der Waals surface area contributed by atoms with Crippen molar-refractivity contribution in [3.63, 3.8) is 0 Å². The first kappa shape index (κ1) is 15.4. The summed E-state index contributed by atoms with van der Waals surface area (Å²) in [5.74, 6) is -2.54. The molecular weight excluding hydrogens is 208 g/mol. The SMILES string of the molecule is COC(CCCCC(C)(C)C)(OC)C(=O)O. The standard InChI is InChI=1S/C12H24O4/c1-11(2,3)8-6-7-9-12(15-4,16-5)10(13)14/h6-9H2,1-5H3,(H,13,14). The fraction of sp³-hybridized carbons (Fsp3) is 0.917. The Bertz CT molecular complexity index is 214. The predicted octanol–water partition coefficient (Wildman–Crippen LogP) is 2.67. The largest absolute Gasteiger partial charge is 0.477 e. The Balaban J connectivity index is 4.10. The van der Waals surface area contributed by atoms with Crippen molar-refractivity contribution in [2.45, 2.75) is 52.2 Å². The predicted molar refractivity (Wildman–Crippen MR) is 62.3 cm³/mol. The van der Waals surface area contributed by atoms with Crippen LogP contribution in [0.3, 0.4) is 0 Å². The van der Waals surface area contributed by atoms with E-state index < -0.39 is 11.8 Å². The highest BCUT2D eigenvalue weighted by atomic mass is 16.7. The molecule has 0 saturated heterocycles. The Morgan fingerprint density at radius 1 is 1.06 bits per heavy atom. The van der Waals surface area contributed by atoms with Gasteiger partial charge < -0.3 is 14.6 Å². The number of unbranched alkanes of at least 4 members (excludes halogenated alkanes) is 1. The molecule has 1 N–H and O–H groups in total. The van der Waals surface area contributed by atoms with Crippen molar-refractivity contribution in [1.82, 2.24) is 0 Å². The lowest BCUT2D eigenvalue weighted by atomic mass is 9.89. The van der Waals surface area contributed by atoms with Crippen molar-refractivity contribution in [1.29, 1.82) is 0 Å². The van der Waals surface area contributed by atoms with Gasteiger partial charge in [-0.25, -0.2) is 4.79 Å². The third-order valence-electron chi connectivity index (χ3n) is 2.67. The molecule has 0 unspecified atom stereocenters. The summed E-state index contributed by atoms with van der Waals surface area (Å²) >= 11 is 0. The van der Waals surface area contributed by atoms with Gasteiger partial charge in [-0.05, 0) is 18.3 Å². The summed E-state index contributed by atoms with van der Waals surface area (Å²) in [5, 5.41) is 9.03. The Morgan fingerprint density at radius 3 is 1.81 bits per heavy atom. The second-order valence-electron chi connectivity index (χ2n) is 5.23. The van der Waals surface area contributed by atoms with Crippen LogP contribution < -0.4 is 0 Å². The number of hydrogen-bond donors (Lipinski definition) is 1. The fourth-order valence-electron chi connectivity index (χ4n) is 1.58. The smallest absolute Gasteiger partial charge is 0.364 e.